The molecular weight excluding hydrogens is 443 g/mol. The lowest BCUT2D eigenvalue weighted by molar-refractivity contribution is -0.125. The second-order valence-corrected chi connectivity index (χ2v) is 8.73. The van der Waals surface area contributed by atoms with Crippen molar-refractivity contribution in [3.05, 3.63) is 40.1 Å². The highest BCUT2D eigenvalue weighted by Crippen LogP contribution is 2.24. The van der Waals surface area contributed by atoms with E-state index in [0.29, 0.717) is 10.8 Å². The highest BCUT2D eigenvalue weighted by atomic mass is 35.5. The molecule has 1 fully saturated rings. The number of thiazole rings is 1. The van der Waals surface area contributed by atoms with E-state index in [9.17, 15) is 18.8 Å². The van der Waals surface area contributed by atoms with Gasteiger partial charge in [0.05, 0.1) is 10.7 Å². The monoisotopic (exact) mass is 466 g/mol. The third-order valence-electron chi connectivity index (χ3n) is 4.97. The highest BCUT2D eigenvalue weighted by molar-refractivity contribution is 7.13. The molecule has 1 saturated carbocycles. The Balaban J connectivity index is 1.65. The summed E-state index contributed by atoms with van der Waals surface area (Å²) < 4.78 is 13.6. The van der Waals surface area contributed by atoms with Crippen molar-refractivity contribution >= 4 is 51.5 Å². The maximum Gasteiger partial charge on any atom is 0.240 e. The van der Waals surface area contributed by atoms with Gasteiger partial charge in [0.1, 0.15) is 12.4 Å². The van der Waals surface area contributed by atoms with Gasteiger partial charge in [0, 0.05) is 30.0 Å². The maximum atomic E-state index is 13.6. The Hall–Kier alpha value is -2.52. The van der Waals surface area contributed by atoms with E-state index in [1.54, 1.807) is 0 Å². The number of halogens is 2. The quantitative estimate of drug-likeness (QED) is 0.613. The van der Waals surface area contributed by atoms with Gasteiger partial charge < -0.3 is 15.5 Å². The molecule has 1 heterocycles. The molecule has 0 unspecified atom stereocenters. The lowest BCUT2D eigenvalue weighted by atomic mass is 10.2. The van der Waals surface area contributed by atoms with E-state index in [4.69, 9.17) is 11.6 Å². The fraction of sp³-hybridized carbons (Fsp3) is 0.429. The van der Waals surface area contributed by atoms with Crippen molar-refractivity contribution in [2.24, 2.45) is 0 Å². The SMILES string of the molecule is Cc1csc(NC(=O)CCC(=O)N(CC(=O)NC2CCCC2)c2ccc(F)c(Cl)c2)n1. The van der Waals surface area contributed by atoms with Gasteiger partial charge in [0.15, 0.2) is 5.13 Å². The first-order valence-electron chi connectivity index (χ1n) is 10.1. The van der Waals surface area contributed by atoms with Crippen LogP contribution in [0.5, 0.6) is 0 Å². The summed E-state index contributed by atoms with van der Waals surface area (Å²) in [4.78, 5) is 43.0. The Kier molecular flexibility index (Phi) is 7.97. The number of nitrogens with one attached hydrogen (secondary N) is 2. The van der Waals surface area contributed by atoms with Crippen molar-refractivity contribution in [2.45, 2.75) is 51.5 Å². The number of aromatic nitrogens is 1. The Morgan fingerprint density at radius 3 is 2.61 bits per heavy atom. The molecule has 7 nitrogen and oxygen atoms in total. The van der Waals surface area contributed by atoms with E-state index in [1.165, 1.54) is 28.4 Å². The molecular formula is C21H24ClFN4O3S. The first kappa shape index (κ1) is 23.1. The second-order valence-electron chi connectivity index (χ2n) is 7.47. The van der Waals surface area contributed by atoms with Crippen molar-refractivity contribution < 1.29 is 18.8 Å². The predicted molar refractivity (Wildman–Crippen MR) is 119 cm³/mol. The average molecular weight is 467 g/mol. The van der Waals surface area contributed by atoms with Gasteiger partial charge in [-0.2, -0.15) is 0 Å². The number of amides is 3. The number of hydrogen-bond acceptors (Lipinski definition) is 5. The normalized spacial score (nSPS) is 13.8. The third-order valence-corrected chi connectivity index (χ3v) is 6.13. The van der Waals surface area contributed by atoms with Crippen LogP contribution in [0.25, 0.3) is 0 Å². The Bertz CT molecular complexity index is 962. The van der Waals surface area contributed by atoms with Gasteiger partial charge in [-0.05, 0) is 38.0 Å². The van der Waals surface area contributed by atoms with Crippen LogP contribution in [-0.2, 0) is 14.4 Å². The molecule has 1 aliphatic carbocycles. The minimum absolute atomic E-state index is 0.0763. The molecule has 0 bridgehead atoms. The Morgan fingerprint density at radius 1 is 1.23 bits per heavy atom. The molecule has 0 radical (unpaired) electrons. The summed E-state index contributed by atoms with van der Waals surface area (Å²) >= 11 is 7.17. The molecule has 2 N–H and O–H groups in total. The van der Waals surface area contributed by atoms with E-state index < -0.39 is 11.7 Å². The van der Waals surface area contributed by atoms with E-state index in [-0.39, 0.29) is 42.3 Å². The van der Waals surface area contributed by atoms with Gasteiger partial charge in [-0.1, -0.05) is 24.4 Å². The predicted octanol–water partition coefficient (Wildman–Crippen LogP) is 4.05. The van der Waals surface area contributed by atoms with Gasteiger partial charge in [0.25, 0.3) is 0 Å². The van der Waals surface area contributed by atoms with E-state index in [1.807, 2.05) is 12.3 Å². The molecule has 1 aliphatic rings. The van der Waals surface area contributed by atoms with E-state index >= 15 is 0 Å². The molecule has 0 saturated heterocycles. The van der Waals surface area contributed by atoms with Gasteiger partial charge >= 0.3 is 0 Å². The molecule has 3 amide bonds. The van der Waals surface area contributed by atoms with Gasteiger partial charge in [-0.3, -0.25) is 14.4 Å². The van der Waals surface area contributed by atoms with Crippen LogP contribution in [0.4, 0.5) is 15.2 Å². The first-order chi connectivity index (χ1) is 14.8. The zero-order chi connectivity index (χ0) is 22.4. The molecule has 3 rings (SSSR count). The third kappa shape index (κ3) is 6.73. The number of nitrogens with zero attached hydrogens (tertiary/aromatic N) is 2. The number of hydrogen-bond donors (Lipinski definition) is 2. The number of carbonyl (C=O) groups is 3. The molecule has 0 atom stereocenters. The minimum atomic E-state index is -0.619. The van der Waals surface area contributed by atoms with E-state index in [0.717, 1.165) is 37.4 Å². The molecule has 31 heavy (non-hydrogen) atoms. The molecule has 1 aromatic heterocycles. The van der Waals surface area contributed by atoms with Crippen molar-refractivity contribution in [1.29, 1.82) is 0 Å². The summed E-state index contributed by atoms with van der Waals surface area (Å²) in [5, 5.41) is 7.71. The fourth-order valence-electron chi connectivity index (χ4n) is 3.41. The molecule has 166 valence electrons. The maximum absolute atomic E-state index is 13.6. The fourth-order valence-corrected chi connectivity index (χ4v) is 4.29. The van der Waals surface area contributed by atoms with Gasteiger partial charge in [-0.25, -0.2) is 9.37 Å². The van der Waals surface area contributed by atoms with Crippen molar-refractivity contribution in [1.82, 2.24) is 10.3 Å². The van der Waals surface area contributed by atoms with Gasteiger partial charge in [-0.15, -0.1) is 11.3 Å². The van der Waals surface area contributed by atoms with Crippen LogP contribution in [-0.4, -0.2) is 35.3 Å². The summed E-state index contributed by atoms with van der Waals surface area (Å²) in [6, 6.07) is 3.94. The highest BCUT2D eigenvalue weighted by Gasteiger charge is 2.23. The number of rotatable bonds is 8. The lowest BCUT2D eigenvalue weighted by Gasteiger charge is -2.24. The zero-order valence-corrected chi connectivity index (χ0v) is 18.7. The standard InChI is InChI=1S/C21H24ClFN4O3S/c1-13-12-31-21(24-13)26-18(28)8-9-20(30)27(15-6-7-17(23)16(22)10-15)11-19(29)25-14-4-2-3-5-14/h6-7,10,12,14H,2-5,8-9,11H2,1H3,(H,25,29)(H,24,26,28). The second kappa shape index (κ2) is 10.7. The van der Waals surface area contributed by atoms with Crippen molar-refractivity contribution in [3.63, 3.8) is 0 Å². The first-order valence-corrected chi connectivity index (χ1v) is 11.3. The topological polar surface area (TPSA) is 91.4 Å². The Labute approximate surface area is 189 Å². The lowest BCUT2D eigenvalue weighted by Crippen LogP contribution is -2.43. The van der Waals surface area contributed by atoms with Crippen LogP contribution in [0.1, 0.15) is 44.2 Å². The summed E-state index contributed by atoms with van der Waals surface area (Å²) in [6.07, 6.45) is 3.76. The van der Waals surface area contributed by atoms with Crippen molar-refractivity contribution in [3.8, 4) is 0 Å². The largest absolute Gasteiger partial charge is 0.352 e. The van der Waals surface area contributed by atoms with Gasteiger partial charge in [0.2, 0.25) is 17.7 Å². The van der Waals surface area contributed by atoms with Crippen LogP contribution in [0.15, 0.2) is 23.6 Å². The summed E-state index contributed by atoms with van der Waals surface area (Å²) in [5.41, 5.74) is 1.10. The molecule has 10 heteroatoms. The van der Waals surface area contributed by atoms with Crippen LogP contribution in [0.2, 0.25) is 5.02 Å². The van der Waals surface area contributed by atoms with Crippen LogP contribution in [0.3, 0.4) is 0 Å². The number of aryl methyl sites for hydroxylation is 1. The van der Waals surface area contributed by atoms with E-state index in [2.05, 4.69) is 15.6 Å². The summed E-state index contributed by atoms with van der Waals surface area (Å²) in [7, 11) is 0. The number of benzene rings is 1. The zero-order valence-electron chi connectivity index (χ0n) is 17.1. The molecule has 0 aliphatic heterocycles. The Morgan fingerprint density at radius 2 is 1.97 bits per heavy atom. The summed E-state index contributed by atoms with van der Waals surface area (Å²) in [6.45, 7) is 1.59. The number of anilines is 2. The van der Waals surface area contributed by atoms with Crippen molar-refractivity contribution in [2.75, 3.05) is 16.8 Å². The average Bonchev–Trinajstić information content (AvgIpc) is 3.38. The van der Waals surface area contributed by atoms with Crippen LogP contribution < -0.4 is 15.5 Å². The molecule has 0 spiro atoms. The number of carbonyl (C=O) groups excluding carboxylic acids is 3. The molecule has 1 aromatic carbocycles. The smallest absolute Gasteiger partial charge is 0.240 e. The van der Waals surface area contributed by atoms with Crippen LogP contribution >= 0.6 is 22.9 Å². The molecule has 2 aromatic rings. The van der Waals surface area contributed by atoms with Crippen LogP contribution in [0, 0.1) is 12.7 Å². The summed E-state index contributed by atoms with van der Waals surface area (Å²) in [5.74, 6) is -1.71. The minimum Gasteiger partial charge on any atom is -0.352 e.